The van der Waals surface area contributed by atoms with Crippen molar-refractivity contribution in [1.82, 2.24) is 15.1 Å². The van der Waals surface area contributed by atoms with Gasteiger partial charge in [0, 0.05) is 30.8 Å². The van der Waals surface area contributed by atoms with Gasteiger partial charge in [-0.15, -0.1) is 0 Å². The molecule has 1 N–H and O–H groups in total. The Balaban J connectivity index is 1.87. The fourth-order valence-electron chi connectivity index (χ4n) is 3.02. The first-order chi connectivity index (χ1) is 11.5. The number of hydrogen-bond acceptors (Lipinski definition) is 3. The molecule has 2 rings (SSSR count). The molecule has 0 aliphatic carbocycles. The molecular formula is C19H29N3O2. The summed E-state index contributed by atoms with van der Waals surface area (Å²) in [4.78, 5) is 28.6. The minimum atomic E-state index is -0.0839. The van der Waals surface area contributed by atoms with E-state index < -0.39 is 0 Å². The molecule has 5 nitrogen and oxygen atoms in total. The lowest BCUT2D eigenvalue weighted by atomic mass is 9.99. The Morgan fingerprint density at radius 2 is 1.88 bits per heavy atom. The van der Waals surface area contributed by atoms with Gasteiger partial charge in [-0.2, -0.15) is 0 Å². The average Bonchev–Trinajstić information content (AvgIpc) is 2.58. The zero-order valence-electron chi connectivity index (χ0n) is 15.0. The Morgan fingerprint density at radius 1 is 1.21 bits per heavy atom. The molecule has 5 heteroatoms. The maximum absolute atomic E-state index is 12.5. The van der Waals surface area contributed by atoms with Crippen molar-refractivity contribution >= 4 is 11.8 Å². The van der Waals surface area contributed by atoms with Gasteiger partial charge in [0.1, 0.15) is 0 Å². The normalized spacial score (nSPS) is 17.8. The number of rotatable bonds is 6. The summed E-state index contributed by atoms with van der Waals surface area (Å²) in [6, 6.07) is 7.00. The van der Waals surface area contributed by atoms with Crippen LogP contribution in [0.15, 0.2) is 24.3 Å². The first-order valence-electron chi connectivity index (χ1n) is 8.79. The molecule has 0 aromatic heterocycles. The number of hydrogen-bond donors (Lipinski definition) is 1. The van der Waals surface area contributed by atoms with Crippen LogP contribution >= 0.6 is 0 Å². The van der Waals surface area contributed by atoms with E-state index in [1.807, 2.05) is 19.0 Å². The van der Waals surface area contributed by atoms with Crippen LogP contribution in [0.4, 0.5) is 0 Å². The van der Waals surface area contributed by atoms with Crippen LogP contribution in [0.2, 0.25) is 0 Å². The molecule has 1 aliphatic rings. The molecule has 1 atom stereocenters. The second kappa shape index (κ2) is 8.83. The standard InChI is InChI=1S/C19H29N3O2/c1-15-6-4-13-22(14-15)19(24)17-9-7-16(8-10-17)18(23)20-11-5-12-21(2)3/h7-10,15H,4-6,11-14H2,1-3H3,(H,20,23). The lowest BCUT2D eigenvalue weighted by Crippen LogP contribution is -2.39. The lowest BCUT2D eigenvalue weighted by molar-refractivity contribution is 0.0682. The molecule has 0 radical (unpaired) electrons. The summed E-state index contributed by atoms with van der Waals surface area (Å²) in [5.41, 5.74) is 1.26. The van der Waals surface area contributed by atoms with Crippen LogP contribution in [0.25, 0.3) is 0 Å². The molecule has 1 saturated heterocycles. The van der Waals surface area contributed by atoms with Crippen molar-refractivity contribution in [3.8, 4) is 0 Å². The number of likely N-dealkylation sites (tertiary alicyclic amines) is 1. The van der Waals surface area contributed by atoms with E-state index >= 15 is 0 Å². The van der Waals surface area contributed by atoms with Crippen LogP contribution in [-0.4, -0.2) is 61.9 Å². The molecule has 2 amide bonds. The highest BCUT2D eigenvalue weighted by Crippen LogP contribution is 2.18. The largest absolute Gasteiger partial charge is 0.352 e. The van der Waals surface area contributed by atoms with Crippen LogP contribution in [0, 0.1) is 5.92 Å². The highest BCUT2D eigenvalue weighted by molar-refractivity contribution is 5.97. The molecule has 1 heterocycles. The van der Waals surface area contributed by atoms with E-state index in [1.54, 1.807) is 24.3 Å². The molecule has 0 saturated carbocycles. The van der Waals surface area contributed by atoms with Crippen LogP contribution in [-0.2, 0) is 0 Å². The minimum Gasteiger partial charge on any atom is -0.352 e. The molecule has 1 aliphatic heterocycles. The molecule has 1 aromatic rings. The number of carbonyl (C=O) groups is 2. The number of piperidine rings is 1. The Bertz CT molecular complexity index is 554. The number of benzene rings is 1. The zero-order chi connectivity index (χ0) is 17.5. The monoisotopic (exact) mass is 331 g/mol. The summed E-state index contributed by atoms with van der Waals surface area (Å²) >= 11 is 0. The summed E-state index contributed by atoms with van der Waals surface area (Å²) in [6.07, 6.45) is 3.18. The number of nitrogens with one attached hydrogen (secondary N) is 1. The smallest absolute Gasteiger partial charge is 0.253 e. The van der Waals surface area contributed by atoms with Gasteiger partial charge in [0.15, 0.2) is 0 Å². The van der Waals surface area contributed by atoms with Crippen molar-refractivity contribution in [3.05, 3.63) is 35.4 Å². The average molecular weight is 331 g/mol. The lowest BCUT2D eigenvalue weighted by Gasteiger charge is -2.31. The van der Waals surface area contributed by atoms with Gasteiger partial charge in [0.05, 0.1) is 0 Å². The minimum absolute atomic E-state index is 0.0690. The zero-order valence-corrected chi connectivity index (χ0v) is 15.0. The molecule has 0 spiro atoms. The SMILES string of the molecule is CC1CCCN(C(=O)c2ccc(C(=O)NCCCN(C)C)cc2)C1. The first kappa shape index (κ1) is 18.5. The van der Waals surface area contributed by atoms with Crippen molar-refractivity contribution in [2.24, 2.45) is 5.92 Å². The van der Waals surface area contributed by atoms with E-state index in [1.165, 1.54) is 6.42 Å². The molecule has 0 bridgehead atoms. The van der Waals surface area contributed by atoms with Crippen LogP contribution in [0.5, 0.6) is 0 Å². The van der Waals surface area contributed by atoms with Crippen molar-refractivity contribution in [2.45, 2.75) is 26.2 Å². The number of nitrogens with zero attached hydrogens (tertiary/aromatic N) is 2. The maximum atomic E-state index is 12.5. The highest BCUT2D eigenvalue weighted by atomic mass is 16.2. The van der Waals surface area contributed by atoms with E-state index in [-0.39, 0.29) is 11.8 Å². The fraction of sp³-hybridized carbons (Fsp3) is 0.579. The first-order valence-corrected chi connectivity index (χ1v) is 8.79. The van der Waals surface area contributed by atoms with Gasteiger partial charge in [-0.1, -0.05) is 6.92 Å². The van der Waals surface area contributed by atoms with Crippen LogP contribution in [0.1, 0.15) is 46.9 Å². The molecule has 24 heavy (non-hydrogen) atoms. The van der Waals surface area contributed by atoms with E-state index in [2.05, 4.69) is 17.1 Å². The molecule has 1 fully saturated rings. The van der Waals surface area contributed by atoms with Gasteiger partial charge in [0.25, 0.3) is 11.8 Å². The summed E-state index contributed by atoms with van der Waals surface area (Å²) in [6.45, 7) is 5.44. The summed E-state index contributed by atoms with van der Waals surface area (Å²) in [5.74, 6) is 0.550. The Morgan fingerprint density at radius 3 is 2.50 bits per heavy atom. The van der Waals surface area contributed by atoms with E-state index in [9.17, 15) is 9.59 Å². The second-order valence-electron chi connectivity index (χ2n) is 6.99. The fourth-order valence-corrected chi connectivity index (χ4v) is 3.02. The van der Waals surface area contributed by atoms with Crippen LogP contribution < -0.4 is 5.32 Å². The van der Waals surface area contributed by atoms with Crippen molar-refractivity contribution < 1.29 is 9.59 Å². The third-order valence-electron chi connectivity index (χ3n) is 4.41. The van der Waals surface area contributed by atoms with Gasteiger partial charge < -0.3 is 15.1 Å². The molecule has 1 unspecified atom stereocenters. The Kier molecular flexibility index (Phi) is 6.79. The summed E-state index contributed by atoms with van der Waals surface area (Å²) < 4.78 is 0. The molecule has 132 valence electrons. The van der Waals surface area contributed by atoms with Gasteiger partial charge in [-0.3, -0.25) is 9.59 Å². The van der Waals surface area contributed by atoms with E-state index in [0.717, 1.165) is 32.5 Å². The van der Waals surface area contributed by atoms with Gasteiger partial charge in [-0.05, 0) is 70.1 Å². The van der Waals surface area contributed by atoms with Gasteiger partial charge >= 0.3 is 0 Å². The third-order valence-corrected chi connectivity index (χ3v) is 4.41. The number of amides is 2. The Labute approximate surface area is 145 Å². The van der Waals surface area contributed by atoms with Crippen molar-refractivity contribution in [2.75, 3.05) is 40.3 Å². The Hall–Kier alpha value is -1.88. The highest BCUT2D eigenvalue weighted by Gasteiger charge is 2.22. The van der Waals surface area contributed by atoms with Crippen molar-refractivity contribution in [1.29, 1.82) is 0 Å². The number of carbonyl (C=O) groups excluding carboxylic acids is 2. The van der Waals surface area contributed by atoms with Crippen LogP contribution in [0.3, 0.4) is 0 Å². The van der Waals surface area contributed by atoms with Gasteiger partial charge in [0.2, 0.25) is 0 Å². The topological polar surface area (TPSA) is 52.7 Å². The second-order valence-corrected chi connectivity index (χ2v) is 6.99. The summed E-state index contributed by atoms with van der Waals surface area (Å²) in [7, 11) is 4.03. The third kappa shape index (κ3) is 5.34. The van der Waals surface area contributed by atoms with Crippen molar-refractivity contribution in [3.63, 3.8) is 0 Å². The quantitative estimate of drug-likeness (QED) is 0.814. The molecular weight excluding hydrogens is 302 g/mol. The predicted molar refractivity (Wildman–Crippen MR) is 96.2 cm³/mol. The van der Waals surface area contributed by atoms with E-state index in [0.29, 0.717) is 23.6 Å². The van der Waals surface area contributed by atoms with E-state index in [4.69, 9.17) is 0 Å². The molecule has 1 aromatic carbocycles. The summed E-state index contributed by atoms with van der Waals surface area (Å²) in [5, 5.41) is 2.91. The van der Waals surface area contributed by atoms with Gasteiger partial charge in [-0.25, -0.2) is 0 Å². The maximum Gasteiger partial charge on any atom is 0.253 e. The predicted octanol–water partition coefficient (Wildman–Crippen LogP) is 2.24.